The molecular formula is C8H5F2NOS. The molecule has 0 spiro atoms. The Morgan fingerprint density at radius 1 is 1.38 bits per heavy atom. The lowest BCUT2D eigenvalue weighted by Gasteiger charge is -2.16. The smallest absolute Gasteiger partial charge is 0.234 e. The molecule has 1 N–H and O–H groups in total. The molecule has 1 aliphatic rings. The molecule has 0 unspecified atom stereocenters. The number of halogens is 2. The van der Waals surface area contributed by atoms with Crippen LogP contribution in [0, 0.1) is 11.6 Å². The molecule has 0 atom stereocenters. The quantitative estimate of drug-likeness (QED) is 0.695. The fraction of sp³-hybridized carbons (Fsp3) is 0.125. The molecule has 1 aliphatic heterocycles. The van der Waals surface area contributed by atoms with Crippen LogP contribution in [0.15, 0.2) is 17.0 Å². The second-order valence-corrected chi connectivity index (χ2v) is 3.56. The number of hydrogen-bond donors (Lipinski definition) is 1. The zero-order valence-electron chi connectivity index (χ0n) is 6.43. The van der Waals surface area contributed by atoms with E-state index in [-0.39, 0.29) is 16.6 Å². The zero-order chi connectivity index (χ0) is 9.42. The number of amides is 1. The minimum Gasteiger partial charge on any atom is -0.324 e. The molecule has 1 heterocycles. The third kappa shape index (κ3) is 1.39. The van der Waals surface area contributed by atoms with Crippen LogP contribution in [0.1, 0.15) is 0 Å². The van der Waals surface area contributed by atoms with Gasteiger partial charge in [0, 0.05) is 0 Å². The molecule has 1 aromatic carbocycles. The fourth-order valence-corrected chi connectivity index (χ4v) is 1.94. The number of benzene rings is 1. The third-order valence-electron chi connectivity index (χ3n) is 1.67. The molecule has 0 radical (unpaired) electrons. The maximum Gasteiger partial charge on any atom is 0.234 e. The molecule has 5 heteroatoms. The Kier molecular flexibility index (Phi) is 1.95. The highest BCUT2D eigenvalue weighted by Gasteiger charge is 2.20. The number of rotatable bonds is 0. The van der Waals surface area contributed by atoms with Gasteiger partial charge in [-0.2, -0.15) is 0 Å². The first-order chi connectivity index (χ1) is 6.18. The lowest BCUT2D eigenvalue weighted by Crippen LogP contribution is -2.19. The van der Waals surface area contributed by atoms with Gasteiger partial charge >= 0.3 is 0 Å². The van der Waals surface area contributed by atoms with E-state index in [1.54, 1.807) is 0 Å². The van der Waals surface area contributed by atoms with Crippen LogP contribution >= 0.6 is 11.8 Å². The van der Waals surface area contributed by atoms with E-state index in [1.165, 1.54) is 6.07 Å². The van der Waals surface area contributed by atoms with Crippen LogP contribution in [0.5, 0.6) is 0 Å². The highest BCUT2D eigenvalue weighted by atomic mass is 32.2. The average Bonchev–Trinajstić information content (AvgIpc) is 2.12. The summed E-state index contributed by atoms with van der Waals surface area (Å²) in [6, 6.07) is 2.36. The lowest BCUT2D eigenvalue weighted by molar-refractivity contribution is -0.113. The molecule has 0 aliphatic carbocycles. The molecule has 1 amide bonds. The molecular weight excluding hydrogens is 196 g/mol. The van der Waals surface area contributed by atoms with E-state index in [4.69, 9.17) is 0 Å². The van der Waals surface area contributed by atoms with Gasteiger partial charge in [-0.3, -0.25) is 4.79 Å². The summed E-state index contributed by atoms with van der Waals surface area (Å²) in [4.78, 5) is 11.1. The Labute approximate surface area is 77.3 Å². The largest absolute Gasteiger partial charge is 0.324 e. The van der Waals surface area contributed by atoms with Gasteiger partial charge in [-0.05, 0) is 12.1 Å². The van der Waals surface area contributed by atoms with Gasteiger partial charge in [0.2, 0.25) is 5.91 Å². The maximum atomic E-state index is 13.1. The summed E-state index contributed by atoms with van der Waals surface area (Å²) in [6.07, 6.45) is 0. The van der Waals surface area contributed by atoms with Crippen LogP contribution in [0.25, 0.3) is 0 Å². The molecule has 0 fully saturated rings. The number of thioether (sulfide) groups is 1. The molecule has 2 rings (SSSR count). The summed E-state index contributed by atoms with van der Waals surface area (Å²) in [5.41, 5.74) is 0.347. The zero-order valence-corrected chi connectivity index (χ0v) is 7.25. The van der Waals surface area contributed by atoms with Gasteiger partial charge in [-0.1, -0.05) is 0 Å². The topological polar surface area (TPSA) is 29.1 Å². The monoisotopic (exact) mass is 201 g/mol. The van der Waals surface area contributed by atoms with Crippen LogP contribution in [0.2, 0.25) is 0 Å². The van der Waals surface area contributed by atoms with Crippen LogP contribution in [-0.4, -0.2) is 11.7 Å². The van der Waals surface area contributed by atoms with Crippen molar-refractivity contribution in [3.63, 3.8) is 0 Å². The minimum absolute atomic E-state index is 0.132. The Balaban J connectivity index is 2.53. The fourth-order valence-electron chi connectivity index (χ4n) is 1.10. The number of hydrogen-bond acceptors (Lipinski definition) is 2. The van der Waals surface area contributed by atoms with Crippen molar-refractivity contribution in [2.24, 2.45) is 0 Å². The van der Waals surface area contributed by atoms with Gasteiger partial charge < -0.3 is 5.32 Å². The Hall–Kier alpha value is -1.10. The van der Waals surface area contributed by atoms with Gasteiger partial charge in [0.25, 0.3) is 0 Å². The Bertz CT molecular complexity index is 381. The van der Waals surface area contributed by atoms with Gasteiger partial charge in [0.15, 0.2) is 11.6 Å². The summed E-state index contributed by atoms with van der Waals surface area (Å²) in [5.74, 6) is -1.83. The van der Waals surface area contributed by atoms with Crippen molar-refractivity contribution in [1.29, 1.82) is 0 Å². The molecule has 13 heavy (non-hydrogen) atoms. The summed E-state index contributed by atoms with van der Waals surface area (Å²) >= 11 is 1.01. The maximum absolute atomic E-state index is 13.1. The number of carbonyl (C=O) groups is 1. The van der Waals surface area contributed by atoms with E-state index in [0.717, 1.165) is 17.8 Å². The average molecular weight is 201 g/mol. The minimum atomic E-state index is -0.887. The van der Waals surface area contributed by atoms with Crippen LogP contribution < -0.4 is 5.32 Å². The lowest BCUT2D eigenvalue weighted by atomic mass is 10.3. The first-order valence-electron chi connectivity index (χ1n) is 3.59. The van der Waals surface area contributed by atoms with Gasteiger partial charge in [-0.15, -0.1) is 11.8 Å². The highest BCUT2D eigenvalue weighted by molar-refractivity contribution is 8.00. The van der Waals surface area contributed by atoms with E-state index in [9.17, 15) is 13.6 Å². The van der Waals surface area contributed by atoms with Gasteiger partial charge in [-0.25, -0.2) is 8.78 Å². The number of fused-ring (bicyclic) bond motifs is 1. The summed E-state index contributed by atoms with van der Waals surface area (Å²) in [7, 11) is 0. The van der Waals surface area contributed by atoms with E-state index in [1.807, 2.05) is 0 Å². The number of nitrogens with one attached hydrogen (secondary N) is 1. The molecule has 68 valence electrons. The molecule has 2 nitrogen and oxygen atoms in total. The number of carbonyl (C=O) groups excluding carboxylic acids is 1. The van der Waals surface area contributed by atoms with E-state index in [0.29, 0.717) is 5.69 Å². The summed E-state index contributed by atoms with van der Waals surface area (Å²) in [5, 5.41) is 2.46. The second-order valence-electron chi connectivity index (χ2n) is 2.57. The normalized spacial score (nSPS) is 15.1. The van der Waals surface area contributed by atoms with E-state index >= 15 is 0 Å². The predicted octanol–water partition coefficient (Wildman–Crippen LogP) is 2.01. The Morgan fingerprint density at radius 3 is 2.92 bits per heavy atom. The molecule has 0 saturated carbocycles. The SMILES string of the molecule is O=C1CSc2c(ccc(F)c2F)N1. The van der Waals surface area contributed by atoms with Crippen molar-refractivity contribution < 1.29 is 13.6 Å². The van der Waals surface area contributed by atoms with Crippen LogP contribution in [0.3, 0.4) is 0 Å². The van der Waals surface area contributed by atoms with E-state index < -0.39 is 11.6 Å². The van der Waals surface area contributed by atoms with Crippen LogP contribution in [-0.2, 0) is 4.79 Å². The van der Waals surface area contributed by atoms with Crippen molar-refractivity contribution in [2.75, 3.05) is 11.1 Å². The van der Waals surface area contributed by atoms with Crippen molar-refractivity contribution in [3.05, 3.63) is 23.8 Å². The first-order valence-corrected chi connectivity index (χ1v) is 4.57. The van der Waals surface area contributed by atoms with Gasteiger partial charge in [0.1, 0.15) is 0 Å². The summed E-state index contributed by atoms with van der Waals surface area (Å²) < 4.78 is 25.8. The predicted molar refractivity (Wildman–Crippen MR) is 45.7 cm³/mol. The molecule has 0 saturated heterocycles. The standard InChI is InChI=1S/C8H5F2NOS/c9-4-1-2-5-8(7(4)10)13-3-6(12)11-5/h1-2H,3H2,(H,11,12). The molecule has 1 aromatic rings. The van der Waals surface area contributed by atoms with E-state index in [2.05, 4.69) is 5.32 Å². The third-order valence-corrected chi connectivity index (χ3v) is 2.77. The number of anilines is 1. The molecule has 0 bridgehead atoms. The van der Waals surface area contributed by atoms with Crippen molar-refractivity contribution in [2.45, 2.75) is 4.90 Å². The second kappa shape index (κ2) is 2.99. The van der Waals surface area contributed by atoms with Crippen molar-refractivity contribution in [1.82, 2.24) is 0 Å². The van der Waals surface area contributed by atoms with Crippen molar-refractivity contribution >= 4 is 23.4 Å². The Morgan fingerprint density at radius 2 is 2.15 bits per heavy atom. The van der Waals surface area contributed by atoms with Crippen molar-refractivity contribution in [3.8, 4) is 0 Å². The highest BCUT2D eigenvalue weighted by Crippen LogP contribution is 2.34. The van der Waals surface area contributed by atoms with Crippen LogP contribution in [0.4, 0.5) is 14.5 Å². The summed E-state index contributed by atoms with van der Waals surface area (Å²) in [6.45, 7) is 0. The first kappa shape index (κ1) is 8.50. The van der Waals surface area contributed by atoms with Gasteiger partial charge in [0.05, 0.1) is 16.3 Å². The molecule has 0 aromatic heterocycles.